The van der Waals surface area contributed by atoms with Crippen molar-refractivity contribution in [3.05, 3.63) is 36.0 Å². The third-order valence-electron chi connectivity index (χ3n) is 6.02. The van der Waals surface area contributed by atoms with Crippen LogP contribution in [0.5, 0.6) is 11.5 Å². The van der Waals surface area contributed by atoms with Crippen LogP contribution < -0.4 is 20.1 Å². The van der Waals surface area contributed by atoms with Crippen molar-refractivity contribution in [3.63, 3.8) is 0 Å². The number of methoxy groups -OCH3 is 1. The highest BCUT2D eigenvalue weighted by Crippen LogP contribution is 2.39. The average molecular weight is 439 g/mol. The summed E-state index contributed by atoms with van der Waals surface area (Å²) < 4.78 is 25.8. The minimum Gasteiger partial charge on any atom is -0.494 e. The van der Waals surface area contributed by atoms with E-state index in [1.807, 2.05) is 0 Å². The minimum absolute atomic E-state index is 0.0839. The lowest BCUT2D eigenvalue weighted by Gasteiger charge is -2.23. The van der Waals surface area contributed by atoms with Gasteiger partial charge < -0.3 is 25.1 Å². The zero-order valence-electron chi connectivity index (χ0n) is 17.9. The molecular weight excluding hydrogens is 413 g/mol. The molecule has 0 unspecified atom stereocenters. The molecule has 1 amide bonds. The van der Waals surface area contributed by atoms with Gasteiger partial charge in [0.2, 0.25) is 0 Å². The average Bonchev–Trinajstić information content (AvgIpc) is 3.54. The number of aromatic amines is 1. The molecule has 1 aromatic carbocycles. The first-order valence-corrected chi connectivity index (χ1v) is 11.0. The van der Waals surface area contributed by atoms with Crippen molar-refractivity contribution in [2.75, 3.05) is 26.8 Å². The molecule has 2 aromatic heterocycles. The molecule has 2 fully saturated rings. The van der Waals surface area contributed by atoms with E-state index in [1.54, 1.807) is 12.3 Å². The van der Waals surface area contributed by atoms with Gasteiger partial charge in [0.25, 0.3) is 5.91 Å². The van der Waals surface area contributed by atoms with Crippen LogP contribution in [-0.2, 0) is 0 Å². The number of halogens is 1. The molecule has 0 bridgehead atoms. The summed E-state index contributed by atoms with van der Waals surface area (Å²) in [5.41, 5.74) is 2.44. The summed E-state index contributed by atoms with van der Waals surface area (Å²) in [6, 6.07) is 2.99. The molecule has 1 aliphatic heterocycles. The molecule has 1 saturated heterocycles. The molecule has 8 nitrogen and oxygen atoms in total. The largest absolute Gasteiger partial charge is 0.494 e. The number of amides is 1. The van der Waals surface area contributed by atoms with Crippen molar-refractivity contribution in [1.29, 1.82) is 0 Å². The Morgan fingerprint density at radius 1 is 1.25 bits per heavy atom. The lowest BCUT2D eigenvalue weighted by molar-refractivity contribution is 0.0932. The number of fused-ring (bicyclic) bond motifs is 1. The second-order valence-electron chi connectivity index (χ2n) is 8.40. The summed E-state index contributed by atoms with van der Waals surface area (Å²) in [4.78, 5) is 24.7. The van der Waals surface area contributed by atoms with Gasteiger partial charge in [-0.3, -0.25) is 4.79 Å². The fourth-order valence-corrected chi connectivity index (χ4v) is 4.04. The quantitative estimate of drug-likeness (QED) is 0.523. The Labute approximate surface area is 184 Å². The van der Waals surface area contributed by atoms with Gasteiger partial charge in [-0.2, -0.15) is 0 Å². The van der Waals surface area contributed by atoms with E-state index in [2.05, 4.69) is 25.6 Å². The van der Waals surface area contributed by atoms with E-state index in [0.29, 0.717) is 46.1 Å². The molecule has 9 heteroatoms. The number of rotatable bonds is 7. The molecule has 3 aromatic rings. The van der Waals surface area contributed by atoms with Gasteiger partial charge in [0.15, 0.2) is 11.6 Å². The Morgan fingerprint density at radius 3 is 2.88 bits per heavy atom. The molecule has 1 atom stereocenters. The van der Waals surface area contributed by atoms with Crippen LogP contribution in [0.4, 0.5) is 4.39 Å². The van der Waals surface area contributed by atoms with Crippen molar-refractivity contribution in [1.82, 2.24) is 25.6 Å². The van der Waals surface area contributed by atoms with Gasteiger partial charge in [-0.1, -0.05) is 0 Å². The second kappa shape index (κ2) is 8.74. The molecule has 0 radical (unpaired) electrons. The topological polar surface area (TPSA) is 101 Å². The van der Waals surface area contributed by atoms with E-state index in [0.717, 1.165) is 38.8 Å². The summed E-state index contributed by atoms with van der Waals surface area (Å²) in [5, 5.41) is 6.36. The number of hydrogen-bond donors (Lipinski definition) is 3. The number of nitrogens with one attached hydrogen (secondary N) is 3. The highest BCUT2D eigenvalue weighted by atomic mass is 19.1. The fourth-order valence-electron chi connectivity index (χ4n) is 4.04. The lowest BCUT2D eigenvalue weighted by Crippen LogP contribution is -2.45. The predicted molar refractivity (Wildman–Crippen MR) is 117 cm³/mol. The van der Waals surface area contributed by atoms with Crippen molar-refractivity contribution < 1.29 is 18.7 Å². The maximum atomic E-state index is 14.6. The molecule has 1 saturated carbocycles. The fraction of sp³-hybridized carbons (Fsp3) is 0.435. The van der Waals surface area contributed by atoms with Crippen molar-refractivity contribution >= 4 is 16.9 Å². The monoisotopic (exact) mass is 439 g/mol. The Balaban J connectivity index is 1.50. The normalized spacial score (nSPS) is 18.5. The van der Waals surface area contributed by atoms with Crippen LogP contribution in [0.3, 0.4) is 0 Å². The van der Waals surface area contributed by atoms with E-state index >= 15 is 0 Å². The molecule has 3 heterocycles. The van der Waals surface area contributed by atoms with E-state index in [-0.39, 0.29) is 17.7 Å². The Hall–Kier alpha value is -3.20. The van der Waals surface area contributed by atoms with Crippen LogP contribution in [0.1, 0.15) is 36.0 Å². The first-order valence-electron chi connectivity index (χ1n) is 11.0. The number of benzene rings is 1. The third-order valence-corrected chi connectivity index (χ3v) is 6.02. The summed E-state index contributed by atoms with van der Waals surface area (Å²) in [6.45, 7) is 2.28. The Bertz CT molecular complexity index is 1140. The zero-order valence-corrected chi connectivity index (χ0v) is 17.9. The van der Waals surface area contributed by atoms with E-state index in [1.165, 1.54) is 19.5 Å². The smallest absolute Gasteiger partial charge is 0.255 e. The number of aromatic nitrogens is 3. The summed E-state index contributed by atoms with van der Waals surface area (Å²) in [6.07, 6.45) is 7.25. The molecule has 168 valence electrons. The van der Waals surface area contributed by atoms with E-state index in [9.17, 15) is 9.18 Å². The number of ether oxygens (including phenoxy) is 2. The minimum atomic E-state index is -0.512. The summed E-state index contributed by atoms with van der Waals surface area (Å²) in [5.74, 6) is 0.420. The van der Waals surface area contributed by atoms with Gasteiger partial charge in [-0.25, -0.2) is 14.4 Å². The van der Waals surface area contributed by atoms with Crippen molar-refractivity contribution in [2.45, 2.75) is 31.7 Å². The molecule has 32 heavy (non-hydrogen) atoms. The first kappa shape index (κ1) is 20.7. The SMILES string of the molecule is COc1cc(OCC2CC2)c(-c2ncnc3c(C(=O)N[C@@H]4CCCNC4)c[nH]c23)cc1F. The van der Waals surface area contributed by atoms with Gasteiger partial charge in [0.1, 0.15) is 23.3 Å². The molecule has 3 N–H and O–H groups in total. The summed E-state index contributed by atoms with van der Waals surface area (Å²) in [7, 11) is 1.42. The molecule has 0 spiro atoms. The number of nitrogens with zero attached hydrogens (tertiary/aromatic N) is 2. The first-order chi connectivity index (χ1) is 15.6. The highest BCUT2D eigenvalue weighted by Gasteiger charge is 2.25. The standard InChI is InChI=1S/C23H26FN5O3/c1-31-19-8-18(32-11-13-4-5-13)15(7-17(19)24)20-22-21(28-12-27-20)16(10-26-22)23(30)29-14-3-2-6-25-9-14/h7-8,10,12-14,25-26H,2-6,9,11H2,1H3,(H,29,30)/t14-/m1/s1. The maximum Gasteiger partial charge on any atom is 0.255 e. The number of carbonyl (C=O) groups is 1. The molecule has 2 aliphatic rings. The lowest BCUT2D eigenvalue weighted by atomic mass is 10.1. The van der Waals surface area contributed by atoms with Gasteiger partial charge in [-0.15, -0.1) is 0 Å². The third kappa shape index (κ3) is 4.12. The van der Waals surface area contributed by atoms with E-state index < -0.39 is 5.82 Å². The van der Waals surface area contributed by atoms with Gasteiger partial charge in [0.05, 0.1) is 24.8 Å². The molecule has 1 aliphatic carbocycles. The predicted octanol–water partition coefficient (Wildman–Crippen LogP) is 3.04. The zero-order chi connectivity index (χ0) is 22.1. The van der Waals surface area contributed by atoms with Crippen LogP contribution >= 0.6 is 0 Å². The van der Waals surface area contributed by atoms with Crippen molar-refractivity contribution in [2.24, 2.45) is 5.92 Å². The van der Waals surface area contributed by atoms with Gasteiger partial charge in [-0.05, 0) is 44.2 Å². The van der Waals surface area contributed by atoms with Gasteiger partial charge >= 0.3 is 0 Å². The molecular formula is C23H26FN5O3. The van der Waals surface area contributed by atoms with Crippen molar-refractivity contribution in [3.8, 4) is 22.8 Å². The second-order valence-corrected chi connectivity index (χ2v) is 8.40. The van der Waals surface area contributed by atoms with Gasteiger partial charge in [0, 0.05) is 30.4 Å². The Morgan fingerprint density at radius 2 is 2.12 bits per heavy atom. The number of piperidine rings is 1. The highest BCUT2D eigenvalue weighted by molar-refractivity contribution is 6.08. The van der Waals surface area contributed by atoms with Crippen LogP contribution in [0.2, 0.25) is 0 Å². The Kier molecular flexibility index (Phi) is 5.65. The number of H-pyrrole nitrogens is 1. The molecule has 5 rings (SSSR count). The maximum absolute atomic E-state index is 14.6. The van der Waals surface area contributed by atoms with Crippen LogP contribution in [0.15, 0.2) is 24.7 Å². The van der Waals surface area contributed by atoms with Crippen LogP contribution in [-0.4, -0.2) is 53.7 Å². The number of carbonyl (C=O) groups excluding carboxylic acids is 1. The van der Waals surface area contributed by atoms with Crippen LogP contribution in [0.25, 0.3) is 22.3 Å². The van der Waals surface area contributed by atoms with E-state index in [4.69, 9.17) is 9.47 Å². The number of hydrogen-bond acceptors (Lipinski definition) is 6. The van der Waals surface area contributed by atoms with Crippen LogP contribution in [0, 0.1) is 11.7 Å². The summed E-state index contributed by atoms with van der Waals surface area (Å²) >= 11 is 0.